The molecule has 0 saturated carbocycles. The second kappa shape index (κ2) is 4.61. The number of hydrogen-bond acceptors (Lipinski definition) is 3. The molecular weight excluding hydrogens is 293 g/mol. The third kappa shape index (κ3) is 2.31. The topological polar surface area (TPSA) is 33.1 Å². The van der Waals surface area contributed by atoms with Gasteiger partial charge in [0.05, 0.1) is 15.5 Å². The van der Waals surface area contributed by atoms with Crippen LogP contribution in [0.2, 0.25) is 0 Å². The highest BCUT2D eigenvalue weighted by Crippen LogP contribution is 2.30. The second-order valence-electron chi connectivity index (χ2n) is 3.37. The van der Waals surface area contributed by atoms with Crippen molar-refractivity contribution < 1.29 is 9.50 Å². The molecule has 0 aliphatic rings. The maximum Gasteiger partial charge on any atom is 0.137 e. The molecule has 1 aromatic carbocycles. The molecule has 0 saturated heterocycles. The fourth-order valence-corrected chi connectivity index (χ4v) is 2.47. The Morgan fingerprint density at radius 2 is 2.25 bits per heavy atom. The monoisotopic (exact) mass is 301 g/mol. The van der Waals surface area contributed by atoms with Gasteiger partial charge in [-0.1, -0.05) is 0 Å². The van der Waals surface area contributed by atoms with Crippen LogP contribution in [0.3, 0.4) is 0 Å². The first kappa shape index (κ1) is 11.7. The molecule has 2 nitrogen and oxygen atoms in total. The number of aromatic nitrogens is 1. The Hall–Kier alpha value is -0.780. The Morgan fingerprint density at radius 1 is 1.50 bits per heavy atom. The largest absolute Gasteiger partial charge is 0.388 e. The lowest BCUT2D eigenvalue weighted by molar-refractivity contribution is 0.203. The summed E-state index contributed by atoms with van der Waals surface area (Å²) in [5.41, 5.74) is 0.838. The van der Waals surface area contributed by atoms with E-state index in [9.17, 15) is 9.50 Å². The average Bonchev–Trinajstić information content (AvgIpc) is 2.71. The summed E-state index contributed by atoms with van der Waals surface area (Å²) < 4.78 is 13.5. The van der Waals surface area contributed by atoms with Gasteiger partial charge in [-0.05, 0) is 41.1 Å². The number of benzene rings is 1. The van der Waals surface area contributed by atoms with Gasteiger partial charge in [-0.15, -0.1) is 11.3 Å². The van der Waals surface area contributed by atoms with Crippen LogP contribution in [0.1, 0.15) is 17.9 Å². The summed E-state index contributed by atoms with van der Waals surface area (Å²) in [5, 5.41) is 10.2. The van der Waals surface area contributed by atoms with Crippen molar-refractivity contribution in [3.8, 4) is 10.6 Å². The third-order valence-corrected chi connectivity index (χ3v) is 3.93. The van der Waals surface area contributed by atoms with Gasteiger partial charge in [0.1, 0.15) is 10.8 Å². The molecule has 0 amide bonds. The van der Waals surface area contributed by atoms with Crippen molar-refractivity contribution in [2.24, 2.45) is 0 Å². The van der Waals surface area contributed by atoms with Crippen LogP contribution in [0.15, 0.2) is 28.9 Å². The van der Waals surface area contributed by atoms with E-state index in [1.807, 2.05) is 0 Å². The number of nitrogens with zero attached hydrogens (tertiary/aromatic N) is 1. The summed E-state index contributed by atoms with van der Waals surface area (Å²) in [6.45, 7) is 1.69. The molecule has 1 heterocycles. The number of rotatable bonds is 2. The van der Waals surface area contributed by atoms with Gasteiger partial charge in [-0.25, -0.2) is 9.37 Å². The Kier molecular flexibility index (Phi) is 3.37. The third-order valence-electron chi connectivity index (χ3n) is 2.10. The van der Waals surface area contributed by atoms with Crippen molar-refractivity contribution in [1.82, 2.24) is 4.98 Å². The summed E-state index contributed by atoms with van der Waals surface area (Å²) >= 11 is 4.54. The molecule has 84 valence electrons. The zero-order valence-electron chi connectivity index (χ0n) is 8.45. The summed E-state index contributed by atoms with van der Waals surface area (Å²) in [4.78, 5) is 5.00. The van der Waals surface area contributed by atoms with Crippen molar-refractivity contribution in [2.45, 2.75) is 13.0 Å². The zero-order chi connectivity index (χ0) is 11.7. The zero-order valence-corrected chi connectivity index (χ0v) is 10.8. The Labute approximate surface area is 105 Å². The van der Waals surface area contributed by atoms with Crippen LogP contribution in [0, 0.1) is 5.82 Å². The second-order valence-corrected chi connectivity index (χ2v) is 5.29. The molecule has 2 rings (SSSR count). The van der Waals surface area contributed by atoms with Crippen LogP contribution in [0.5, 0.6) is 0 Å². The Bertz CT molecular complexity index is 512. The highest BCUT2D eigenvalue weighted by molar-refractivity contribution is 9.10. The molecule has 0 spiro atoms. The van der Waals surface area contributed by atoms with Crippen molar-refractivity contribution in [2.75, 3.05) is 0 Å². The molecule has 1 aromatic heterocycles. The van der Waals surface area contributed by atoms with Crippen LogP contribution >= 0.6 is 27.3 Å². The maximum atomic E-state index is 13.0. The molecule has 0 aliphatic heterocycles. The number of aliphatic hydroxyl groups is 1. The van der Waals surface area contributed by atoms with Gasteiger partial charge in [0, 0.05) is 11.8 Å². The first-order valence-corrected chi connectivity index (χ1v) is 6.28. The molecule has 16 heavy (non-hydrogen) atoms. The minimum atomic E-state index is -0.518. The summed E-state index contributed by atoms with van der Waals surface area (Å²) in [7, 11) is 0. The number of halogens is 2. The number of thiazole rings is 1. The van der Waals surface area contributed by atoms with Crippen LogP contribution in [0.4, 0.5) is 4.39 Å². The van der Waals surface area contributed by atoms with Gasteiger partial charge in [-0.2, -0.15) is 0 Å². The first-order chi connectivity index (χ1) is 7.58. The average molecular weight is 302 g/mol. The van der Waals surface area contributed by atoms with Crippen molar-refractivity contribution in [3.63, 3.8) is 0 Å². The van der Waals surface area contributed by atoms with E-state index < -0.39 is 6.10 Å². The van der Waals surface area contributed by atoms with Crippen molar-refractivity contribution in [1.29, 1.82) is 0 Å². The van der Waals surface area contributed by atoms with Gasteiger partial charge >= 0.3 is 0 Å². The number of hydrogen-bond donors (Lipinski definition) is 1. The maximum absolute atomic E-state index is 13.0. The van der Waals surface area contributed by atoms with Gasteiger partial charge in [0.25, 0.3) is 0 Å². The van der Waals surface area contributed by atoms with E-state index in [1.54, 1.807) is 25.3 Å². The lowest BCUT2D eigenvalue weighted by atomic mass is 10.2. The molecule has 1 atom stereocenters. The molecular formula is C11H9BrFNOS. The van der Waals surface area contributed by atoms with Gasteiger partial charge in [0.15, 0.2) is 0 Å². The van der Waals surface area contributed by atoms with Crippen molar-refractivity contribution >= 4 is 27.3 Å². The van der Waals surface area contributed by atoms with E-state index in [0.717, 1.165) is 15.4 Å². The Morgan fingerprint density at radius 3 is 2.81 bits per heavy atom. The predicted octanol–water partition coefficient (Wildman–Crippen LogP) is 3.77. The molecule has 0 bridgehead atoms. The summed E-state index contributed by atoms with van der Waals surface area (Å²) in [5.74, 6) is -0.295. The van der Waals surface area contributed by atoms with E-state index in [1.165, 1.54) is 17.4 Å². The summed E-state index contributed by atoms with van der Waals surface area (Å²) in [6, 6.07) is 4.74. The minimum Gasteiger partial charge on any atom is -0.388 e. The standard InChI is InChI=1S/C11H9BrFNOS/c1-6(15)10-5-14-11(16-10)7-2-3-9(13)8(12)4-7/h2-6,15H,1H3. The quantitative estimate of drug-likeness (QED) is 0.916. The smallest absolute Gasteiger partial charge is 0.137 e. The fourth-order valence-electron chi connectivity index (χ4n) is 1.24. The van der Waals surface area contributed by atoms with Gasteiger partial charge in [0.2, 0.25) is 0 Å². The highest BCUT2D eigenvalue weighted by atomic mass is 79.9. The lowest BCUT2D eigenvalue weighted by Gasteiger charge is -1.99. The minimum absolute atomic E-state index is 0.295. The van der Waals surface area contributed by atoms with Crippen LogP contribution in [-0.4, -0.2) is 10.1 Å². The predicted molar refractivity (Wildman–Crippen MR) is 65.8 cm³/mol. The van der Waals surface area contributed by atoms with Gasteiger partial charge in [-0.3, -0.25) is 0 Å². The van der Waals surface area contributed by atoms with E-state index in [-0.39, 0.29) is 5.82 Å². The van der Waals surface area contributed by atoms with Gasteiger partial charge < -0.3 is 5.11 Å². The normalized spacial score (nSPS) is 12.8. The SMILES string of the molecule is CC(O)c1cnc(-c2ccc(F)c(Br)c2)s1. The Balaban J connectivity index is 2.39. The van der Waals surface area contributed by atoms with E-state index in [0.29, 0.717) is 4.47 Å². The molecule has 1 N–H and O–H groups in total. The summed E-state index contributed by atoms with van der Waals surface area (Å²) in [6.07, 6.45) is 1.12. The fraction of sp³-hybridized carbons (Fsp3) is 0.182. The molecule has 0 fully saturated rings. The number of aliphatic hydroxyl groups excluding tert-OH is 1. The van der Waals surface area contributed by atoms with Crippen LogP contribution in [0.25, 0.3) is 10.6 Å². The van der Waals surface area contributed by atoms with E-state index in [4.69, 9.17) is 0 Å². The lowest BCUT2D eigenvalue weighted by Crippen LogP contribution is -1.83. The molecule has 2 aromatic rings. The van der Waals surface area contributed by atoms with E-state index in [2.05, 4.69) is 20.9 Å². The molecule has 0 radical (unpaired) electrons. The first-order valence-electron chi connectivity index (χ1n) is 4.67. The van der Waals surface area contributed by atoms with E-state index >= 15 is 0 Å². The van der Waals surface area contributed by atoms with Crippen LogP contribution < -0.4 is 0 Å². The van der Waals surface area contributed by atoms with Crippen LogP contribution in [-0.2, 0) is 0 Å². The molecule has 1 unspecified atom stereocenters. The highest BCUT2D eigenvalue weighted by Gasteiger charge is 2.09. The molecule has 5 heteroatoms. The van der Waals surface area contributed by atoms with Crippen molar-refractivity contribution in [3.05, 3.63) is 39.6 Å². The molecule has 0 aliphatic carbocycles.